The van der Waals surface area contributed by atoms with E-state index in [1.165, 1.54) is 9.75 Å². The molecule has 3 rings (SSSR count). The highest BCUT2D eigenvalue weighted by Crippen LogP contribution is 2.29. The predicted octanol–water partition coefficient (Wildman–Crippen LogP) is 3.58. The molecule has 3 nitrogen and oxygen atoms in total. The van der Waals surface area contributed by atoms with Crippen LogP contribution in [0.4, 0.5) is 0 Å². The molecule has 0 bridgehead atoms. The Bertz CT molecular complexity index is 496. The number of hydrogen-bond donors (Lipinski definition) is 1. The summed E-state index contributed by atoms with van der Waals surface area (Å²) in [5, 5.41) is 7.24. The first-order valence-electron chi connectivity index (χ1n) is 6.80. The first-order chi connectivity index (χ1) is 9.83. The van der Waals surface area contributed by atoms with Gasteiger partial charge in [0.05, 0.1) is 18.6 Å². The molecule has 0 radical (unpaired) electrons. The molecule has 3 heterocycles. The van der Waals surface area contributed by atoms with Crippen LogP contribution >= 0.6 is 22.7 Å². The molecule has 1 fully saturated rings. The summed E-state index contributed by atoms with van der Waals surface area (Å²) in [5.41, 5.74) is 0. The monoisotopic (exact) mass is 307 g/mol. The van der Waals surface area contributed by atoms with Gasteiger partial charge in [-0.05, 0) is 35.7 Å². The largest absolute Gasteiger partial charge is 0.378 e. The maximum absolute atomic E-state index is 12.2. The second kappa shape index (κ2) is 6.52. The van der Waals surface area contributed by atoms with Crippen molar-refractivity contribution in [1.29, 1.82) is 0 Å². The predicted molar refractivity (Wildman–Crippen MR) is 82.2 cm³/mol. The van der Waals surface area contributed by atoms with Crippen LogP contribution in [0.5, 0.6) is 0 Å². The summed E-state index contributed by atoms with van der Waals surface area (Å²) in [6.07, 6.45) is 2.63. The molecule has 20 heavy (non-hydrogen) atoms. The fraction of sp³-hybridized carbons (Fsp3) is 0.400. The van der Waals surface area contributed by atoms with Crippen LogP contribution in [0.15, 0.2) is 35.0 Å². The summed E-state index contributed by atoms with van der Waals surface area (Å²) in [4.78, 5) is 14.6. The van der Waals surface area contributed by atoms with E-state index >= 15 is 0 Å². The number of carbonyl (C=O) groups excluding carboxylic acids is 1. The van der Waals surface area contributed by atoms with Crippen molar-refractivity contribution in [3.63, 3.8) is 0 Å². The minimum absolute atomic E-state index is 0.0242. The number of amides is 1. The van der Waals surface area contributed by atoms with Gasteiger partial charge in [-0.25, -0.2) is 0 Å². The first-order valence-corrected chi connectivity index (χ1v) is 8.56. The zero-order valence-corrected chi connectivity index (χ0v) is 12.7. The molecule has 0 unspecified atom stereocenters. The Balaban J connectivity index is 1.68. The SMILES string of the molecule is O=C(C[C@@H]1CCCO1)NC(c1cccs1)c1cccs1. The summed E-state index contributed by atoms with van der Waals surface area (Å²) in [6, 6.07) is 8.16. The highest BCUT2D eigenvalue weighted by Gasteiger charge is 2.23. The van der Waals surface area contributed by atoms with Gasteiger partial charge in [-0.2, -0.15) is 0 Å². The van der Waals surface area contributed by atoms with E-state index in [1.807, 2.05) is 22.9 Å². The average molecular weight is 307 g/mol. The van der Waals surface area contributed by atoms with Crippen molar-refractivity contribution in [2.24, 2.45) is 0 Å². The summed E-state index contributed by atoms with van der Waals surface area (Å²) in [7, 11) is 0. The van der Waals surface area contributed by atoms with Crippen LogP contribution in [0.1, 0.15) is 35.1 Å². The number of ether oxygens (including phenoxy) is 1. The molecule has 1 aliphatic rings. The summed E-state index contributed by atoms with van der Waals surface area (Å²) < 4.78 is 5.53. The van der Waals surface area contributed by atoms with Gasteiger partial charge in [0.1, 0.15) is 0 Å². The molecular weight excluding hydrogens is 290 g/mol. The minimum Gasteiger partial charge on any atom is -0.378 e. The van der Waals surface area contributed by atoms with E-state index in [4.69, 9.17) is 4.74 Å². The molecule has 1 N–H and O–H groups in total. The number of nitrogens with one attached hydrogen (secondary N) is 1. The maximum Gasteiger partial charge on any atom is 0.223 e. The smallest absolute Gasteiger partial charge is 0.223 e. The van der Waals surface area contributed by atoms with Crippen molar-refractivity contribution in [1.82, 2.24) is 5.32 Å². The van der Waals surface area contributed by atoms with Gasteiger partial charge < -0.3 is 10.1 Å². The third-order valence-electron chi connectivity index (χ3n) is 3.40. The molecule has 106 valence electrons. The summed E-state index contributed by atoms with van der Waals surface area (Å²) in [5.74, 6) is 0.0729. The van der Waals surface area contributed by atoms with Crippen LogP contribution < -0.4 is 5.32 Å². The van der Waals surface area contributed by atoms with Crippen LogP contribution in [-0.2, 0) is 9.53 Å². The van der Waals surface area contributed by atoms with Gasteiger partial charge in [-0.15, -0.1) is 22.7 Å². The van der Waals surface area contributed by atoms with Gasteiger partial charge in [0, 0.05) is 16.4 Å². The van der Waals surface area contributed by atoms with Crippen LogP contribution in [-0.4, -0.2) is 18.6 Å². The standard InChI is InChI=1S/C15H17NO2S2/c17-14(10-11-4-1-7-18-11)16-15(12-5-2-8-19-12)13-6-3-9-20-13/h2-3,5-6,8-9,11,15H,1,4,7,10H2,(H,16,17)/t11-/m0/s1. The van der Waals surface area contributed by atoms with E-state index in [-0.39, 0.29) is 18.1 Å². The lowest BCUT2D eigenvalue weighted by atomic mass is 10.1. The van der Waals surface area contributed by atoms with E-state index in [2.05, 4.69) is 17.4 Å². The summed E-state index contributed by atoms with van der Waals surface area (Å²) in [6.45, 7) is 0.789. The zero-order valence-electron chi connectivity index (χ0n) is 11.1. The molecule has 2 aromatic heterocycles. The highest BCUT2D eigenvalue weighted by molar-refractivity contribution is 7.11. The third kappa shape index (κ3) is 3.29. The molecule has 0 aliphatic carbocycles. The molecule has 0 spiro atoms. The Morgan fingerprint density at radius 1 is 1.30 bits per heavy atom. The van der Waals surface area contributed by atoms with Gasteiger partial charge in [0.2, 0.25) is 5.91 Å². The van der Waals surface area contributed by atoms with Crippen LogP contribution in [0.25, 0.3) is 0 Å². The quantitative estimate of drug-likeness (QED) is 0.917. The maximum atomic E-state index is 12.2. The van der Waals surface area contributed by atoms with Gasteiger partial charge in [0.25, 0.3) is 0 Å². The number of carbonyl (C=O) groups is 1. The number of rotatable bonds is 5. The van der Waals surface area contributed by atoms with Crippen molar-refractivity contribution in [2.75, 3.05) is 6.61 Å². The van der Waals surface area contributed by atoms with Crippen LogP contribution in [0, 0.1) is 0 Å². The fourth-order valence-corrected chi connectivity index (χ4v) is 4.09. The topological polar surface area (TPSA) is 38.3 Å². The lowest BCUT2D eigenvalue weighted by molar-refractivity contribution is -0.123. The zero-order chi connectivity index (χ0) is 13.8. The highest BCUT2D eigenvalue weighted by atomic mass is 32.1. The molecule has 2 aromatic rings. The van der Waals surface area contributed by atoms with E-state index < -0.39 is 0 Å². The van der Waals surface area contributed by atoms with E-state index in [9.17, 15) is 4.79 Å². The van der Waals surface area contributed by atoms with Crippen molar-refractivity contribution in [3.05, 3.63) is 44.8 Å². The molecule has 1 saturated heterocycles. The molecule has 1 aliphatic heterocycles. The second-order valence-electron chi connectivity index (χ2n) is 4.87. The van der Waals surface area contributed by atoms with Crippen molar-refractivity contribution in [3.8, 4) is 0 Å². The fourth-order valence-electron chi connectivity index (χ4n) is 2.43. The Morgan fingerprint density at radius 3 is 2.50 bits per heavy atom. The normalized spacial score (nSPS) is 18.6. The van der Waals surface area contributed by atoms with Gasteiger partial charge in [-0.1, -0.05) is 12.1 Å². The molecule has 0 saturated carbocycles. The van der Waals surface area contributed by atoms with Crippen LogP contribution in [0.3, 0.4) is 0 Å². The average Bonchev–Trinajstić information content (AvgIpc) is 3.18. The van der Waals surface area contributed by atoms with Gasteiger partial charge >= 0.3 is 0 Å². The van der Waals surface area contributed by atoms with E-state index in [1.54, 1.807) is 22.7 Å². The molecular formula is C15H17NO2S2. The summed E-state index contributed by atoms with van der Waals surface area (Å²) >= 11 is 3.35. The Labute approximate surface area is 126 Å². The van der Waals surface area contributed by atoms with Crippen molar-refractivity contribution >= 4 is 28.6 Å². The third-order valence-corrected chi connectivity index (χ3v) is 5.27. The van der Waals surface area contributed by atoms with E-state index in [0.717, 1.165) is 19.4 Å². The number of thiophene rings is 2. The minimum atomic E-state index is -0.0242. The molecule has 0 aromatic carbocycles. The Kier molecular flexibility index (Phi) is 4.50. The second-order valence-corrected chi connectivity index (χ2v) is 6.83. The molecule has 5 heteroatoms. The first kappa shape index (κ1) is 13.8. The van der Waals surface area contributed by atoms with Crippen molar-refractivity contribution in [2.45, 2.75) is 31.4 Å². The number of hydrogen-bond acceptors (Lipinski definition) is 4. The Hall–Kier alpha value is -1.17. The van der Waals surface area contributed by atoms with Crippen LogP contribution in [0.2, 0.25) is 0 Å². The molecule has 1 atom stereocenters. The lowest BCUT2D eigenvalue weighted by Gasteiger charge is -2.17. The Morgan fingerprint density at radius 2 is 2.00 bits per heavy atom. The van der Waals surface area contributed by atoms with Gasteiger partial charge in [-0.3, -0.25) is 4.79 Å². The molecule has 1 amide bonds. The van der Waals surface area contributed by atoms with E-state index in [0.29, 0.717) is 6.42 Å². The van der Waals surface area contributed by atoms with Gasteiger partial charge in [0.15, 0.2) is 0 Å². The lowest BCUT2D eigenvalue weighted by Crippen LogP contribution is -2.30. The van der Waals surface area contributed by atoms with Crippen molar-refractivity contribution < 1.29 is 9.53 Å².